The highest BCUT2D eigenvalue weighted by Gasteiger charge is 2.29. The zero-order valence-electron chi connectivity index (χ0n) is 14.9. The molecule has 4 nitrogen and oxygen atoms in total. The van der Waals surface area contributed by atoms with Gasteiger partial charge in [-0.2, -0.15) is 0 Å². The summed E-state index contributed by atoms with van der Waals surface area (Å²) >= 11 is 0. The molecule has 0 aromatic heterocycles. The first-order chi connectivity index (χ1) is 10.3. The average molecular weight is 310 g/mol. The molecule has 1 saturated heterocycles. The number of nitrogens with zero attached hydrogens (tertiary/aromatic N) is 1. The maximum Gasteiger partial charge on any atom is 0.410 e. The van der Waals surface area contributed by atoms with E-state index in [2.05, 4.69) is 12.2 Å². The predicted molar refractivity (Wildman–Crippen MR) is 89.9 cm³/mol. The van der Waals surface area contributed by atoms with E-state index in [4.69, 9.17) is 4.74 Å². The van der Waals surface area contributed by atoms with Crippen LogP contribution in [0.5, 0.6) is 0 Å². The van der Waals surface area contributed by atoms with E-state index in [1.54, 1.807) is 0 Å². The normalized spacial score (nSPS) is 29.6. The highest BCUT2D eigenvalue weighted by Crippen LogP contribution is 2.27. The highest BCUT2D eigenvalue weighted by molar-refractivity contribution is 5.68. The molecule has 1 atom stereocenters. The van der Waals surface area contributed by atoms with Gasteiger partial charge >= 0.3 is 6.09 Å². The Bertz CT molecular complexity index is 357. The molecule has 2 aliphatic rings. The number of nitrogens with one attached hydrogen (secondary N) is 1. The quantitative estimate of drug-likeness (QED) is 0.861. The lowest BCUT2D eigenvalue weighted by Crippen LogP contribution is -2.36. The van der Waals surface area contributed by atoms with Crippen molar-refractivity contribution in [2.45, 2.75) is 65.4 Å². The van der Waals surface area contributed by atoms with Crippen LogP contribution in [0.15, 0.2) is 0 Å². The van der Waals surface area contributed by atoms with Crippen LogP contribution in [0.2, 0.25) is 0 Å². The summed E-state index contributed by atoms with van der Waals surface area (Å²) in [6, 6.07) is 0. The molecular weight excluding hydrogens is 276 g/mol. The zero-order valence-corrected chi connectivity index (χ0v) is 14.9. The van der Waals surface area contributed by atoms with Gasteiger partial charge in [-0.1, -0.05) is 19.8 Å². The molecule has 22 heavy (non-hydrogen) atoms. The first-order valence-corrected chi connectivity index (χ1v) is 9.02. The van der Waals surface area contributed by atoms with Gasteiger partial charge < -0.3 is 15.0 Å². The van der Waals surface area contributed by atoms with Gasteiger partial charge in [0.05, 0.1) is 0 Å². The maximum atomic E-state index is 12.0. The number of hydrogen-bond acceptors (Lipinski definition) is 3. The smallest absolute Gasteiger partial charge is 0.410 e. The Morgan fingerprint density at radius 3 is 2.36 bits per heavy atom. The van der Waals surface area contributed by atoms with E-state index in [1.165, 1.54) is 25.7 Å². The fraction of sp³-hybridized carbons (Fsp3) is 0.944. The van der Waals surface area contributed by atoms with Crippen LogP contribution < -0.4 is 5.32 Å². The lowest BCUT2D eigenvalue weighted by molar-refractivity contribution is 0.0288. The van der Waals surface area contributed by atoms with E-state index in [9.17, 15) is 4.79 Å². The minimum Gasteiger partial charge on any atom is -0.444 e. The van der Waals surface area contributed by atoms with Gasteiger partial charge in [0.1, 0.15) is 5.60 Å². The molecule has 2 fully saturated rings. The molecule has 1 N–H and O–H groups in total. The number of carbonyl (C=O) groups is 1. The van der Waals surface area contributed by atoms with E-state index in [0.717, 1.165) is 44.4 Å². The minimum absolute atomic E-state index is 0.156. The van der Waals surface area contributed by atoms with Crippen LogP contribution in [-0.4, -0.2) is 42.8 Å². The number of carbonyl (C=O) groups excluding carboxylic acids is 1. The van der Waals surface area contributed by atoms with Crippen LogP contribution in [0, 0.1) is 17.8 Å². The molecule has 1 heterocycles. The van der Waals surface area contributed by atoms with E-state index < -0.39 is 5.60 Å². The molecule has 4 heteroatoms. The van der Waals surface area contributed by atoms with Crippen molar-refractivity contribution in [2.75, 3.05) is 26.2 Å². The van der Waals surface area contributed by atoms with Gasteiger partial charge in [0.15, 0.2) is 0 Å². The molecule has 1 aliphatic carbocycles. The van der Waals surface area contributed by atoms with Crippen molar-refractivity contribution < 1.29 is 9.53 Å². The van der Waals surface area contributed by atoms with Crippen molar-refractivity contribution in [3.8, 4) is 0 Å². The van der Waals surface area contributed by atoms with E-state index in [-0.39, 0.29) is 6.09 Å². The van der Waals surface area contributed by atoms with Crippen LogP contribution in [0.25, 0.3) is 0 Å². The molecule has 128 valence electrons. The van der Waals surface area contributed by atoms with Gasteiger partial charge in [0.2, 0.25) is 0 Å². The van der Waals surface area contributed by atoms with Crippen LogP contribution in [-0.2, 0) is 4.74 Å². The Hall–Kier alpha value is -0.770. The predicted octanol–water partition coefficient (Wildman–Crippen LogP) is 3.66. The van der Waals surface area contributed by atoms with Crippen LogP contribution in [0.3, 0.4) is 0 Å². The summed E-state index contributed by atoms with van der Waals surface area (Å²) in [5, 5.41) is 3.64. The summed E-state index contributed by atoms with van der Waals surface area (Å²) in [7, 11) is 0. The summed E-state index contributed by atoms with van der Waals surface area (Å²) in [6.07, 6.45) is 6.47. The average Bonchev–Trinajstić information content (AvgIpc) is 2.88. The minimum atomic E-state index is -0.397. The highest BCUT2D eigenvalue weighted by atomic mass is 16.6. The molecule has 0 aromatic carbocycles. The standard InChI is InChI=1S/C18H34N2O2/c1-14-5-7-15(8-6-14)11-19-12-16-9-10-20(13-16)17(21)22-18(2,3)4/h14-16,19H,5-13H2,1-4H3. The summed E-state index contributed by atoms with van der Waals surface area (Å²) in [6.45, 7) is 12.0. The third kappa shape index (κ3) is 5.79. The Balaban J connectivity index is 1.61. The second-order valence-electron chi connectivity index (χ2n) is 8.37. The summed E-state index contributed by atoms with van der Waals surface area (Å²) < 4.78 is 5.45. The van der Waals surface area contributed by atoms with Crippen molar-refractivity contribution >= 4 is 6.09 Å². The van der Waals surface area contributed by atoms with Gasteiger partial charge in [0, 0.05) is 13.1 Å². The number of rotatable bonds is 4. The second kappa shape index (κ2) is 7.67. The lowest BCUT2D eigenvalue weighted by Gasteiger charge is -2.27. The molecule has 1 unspecified atom stereocenters. The lowest BCUT2D eigenvalue weighted by atomic mass is 9.83. The Labute approximate surface area is 136 Å². The summed E-state index contributed by atoms with van der Waals surface area (Å²) in [5.41, 5.74) is -0.397. The third-order valence-electron chi connectivity index (χ3n) is 4.94. The van der Waals surface area contributed by atoms with Crippen molar-refractivity contribution in [1.29, 1.82) is 0 Å². The maximum absolute atomic E-state index is 12.0. The molecule has 0 bridgehead atoms. The first-order valence-electron chi connectivity index (χ1n) is 9.02. The second-order valence-corrected chi connectivity index (χ2v) is 8.37. The molecule has 1 saturated carbocycles. The van der Waals surface area contributed by atoms with E-state index >= 15 is 0 Å². The van der Waals surface area contributed by atoms with E-state index in [0.29, 0.717) is 5.92 Å². The van der Waals surface area contributed by atoms with Crippen molar-refractivity contribution in [1.82, 2.24) is 10.2 Å². The Morgan fingerprint density at radius 1 is 1.09 bits per heavy atom. The van der Waals surface area contributed by atoms with Crippen molar-refractivity contribution in [3.05, 3.63) is 0 Å². The Morgan fingerprint density at radius 2 is 1.73 bits per heavy atom. The molecule has 0 radical (unpaired) electrons. The monoisotopic (exact) mass is 310 g/mol. The Kier molecular flexibility index (Phi) is 6.13. The van der Waals surface area contributed by atoms with Crippen molar-refractivity contribution in [2.24, 2.45) is 17.8 Å². The number of likely N-dealkylation sites (tertiary alicyclic amines) is 1. The summed E-state index contributed by atoms with van der Waals surface area (Å²) in [4.78, 5) is 13.9. The van der Waals surface area contributed by atoms with Crippen LogP contribution in [0.1, 0.15) is 59.8 Å². The fourth-order valence-corrected chi connectivity index (χ4v) is 3.52. The zero-order chi connectivity index (χ0) is 16.2. The molecular formula is C18H34N2O2. The van der Waals surface area contributed by atoms with Crippen LogP contribution >= 0.6 is 0 Å². The van der Waals surface area contributed by atoms with Gasteiger partial charge in [0.25, 0.3) is 0 Å². The molecule has 2 rings (SSSR count). The summed E-state index contributed by atoms with van der Waals surface area (Å²) in [5.74, 6) is 2.36. The molecule has 1 amide bonds. The fourth-order valence-electron chi connectivity index (χ4n) is 3.52. The van der Waals surface area contributed by atoms with E-state index in [1.807, 2.05) is 25.7 Å². The van der Waals surface area contributed by atoms with Crippen LogP contribution in [0.4, 0.5) is 4.79 Å². The molecule has 0 spiro atoms. The number of hydrogen-bond donors (Lipinski definition) is 1. The number of ether oxygens (including phenoxy) is 1. The SMILES string of the molecule is CC1CCC(CNCC2CCN(C(=O)OC(C)(C)C)C2)CC1. The van der Waals surface area contributed by atoms with Gasteiger partial charge in [-0.15, -0.1) is 0 Å². The van der Waals surface area contributed by atoms with Gasteiger partial charge in [-0.05, 0) is 70.9 Å². The third-order valence-corrected chi connectivity index (χ3v) is 4.94. The van der Waals surface area contributed by atoms with Crippen molar-refractivity contribution in [3.63, 3.8) is 0 Å². The molecule has 1 aliphatic heterocycles. The first kappa shape index (κ1) is 17.6. The van der Waals surface area contributed by atoms with Gasteiger partial charge in [-0.25, -0.2) is 4.79 Å². The van der Waals surface area contributed by atoms with Gasteiger partial charge in [-0.3, -0.25) is 0 Å². The number of amides is 1. The topological polar surface area (TPSA) is 41.6 Å². The largest absolute Gasteiger partial charge is 0.444 e. The molecule has 0 aromatic rings.